The fourth-order valence-electron chi connectivity index (χ4n) is 3.10. The van der Waals surface area contributed by atoms with Gasteiger partial charge in [0.05, 0.1) is 19.3 Å². The minimum absolute atomic E-state index is 0.0731. The van der Waals surface area contributed by atoms with Gasteiger partial charge in [0.15, 0.2) is 0 Å². The van der Waals surface area contributed by atoms with Crippen LogP contribution in [0.4, 0.5) is 0 Å². The lowest BCUT2D eigenvalue weighted by Crippen LogP contribution is -2.14. The molecule has 3 rings (SSSR count). The zero-order valence-corrected chi connectivity index (χ0v) is 11.5. The third kappa shape index (κ3) is 2.90. The number of hydrogen-bond donors (Lipinski definition) is 1. The van der Waals surface area contributed by atoms with Gasteiger partial charge in [-0.15, -0.1) is 0 Å². The van der Waals surface area contributed by atoms with Crippen LogP contribution < -0.4 is 5.73 Å². The van der Waals surface area contributed by atoms with E-state index in [9.17, 15) is 0 Å². The van der Waals surface area contributed by atoms with Gasteiger partial charge in [0.1, 0.15) is 0 Å². The summed E-state index contributed by atoms with van der Waals surface area (Å²) in [6, 6.07) is 6.68. The maximum Gasteiger partial charge on any atom is 0.0725 e. The van der Waals surface area contributed by atoms with Crippen LogP contribution in [0, 0.1) is 0 Å². The van der Waals surface area contributed by atoms with Crippen molar-refractivity contribution in [2.75, 3.05) is 0 Å². The first-order valence-corrected chi connectivity index (χ1v) is 7.48. The van der Waals surface area contributed by atoms with E-state index in [0.717, 1.165) is 19.6 Å². The Labute approximate surface area is 115 Å². The van der Waals surface area contributed by atoms with Crippen molar-refractivity contribution in [2.45, 2.75) is 57.8 Å². The quantitative estimate of drug-likeness (QED) is 0.813. The molecular formula is C17H23NO. The molecule has 0 fully saturated rings. The van der Waals surface area contributed by atoms with E-state index in [0.29, 0.717) is 0 Å². The van der Waals surface area contributed by atoms with Gasteiger partial charge in [-0.25, -0.2) is 0 Å². The summed E-state index contributed by atoms with van der Waals surface area (Å²) in [5.74, 6) is 0. The van der Waals surface area contributed by atoms with Gasteiger partial charge in [0.2, 0.25) is 0 Å². The standard InChI is InChI=1S/C17H23NO/c18-17(13-6-4-2-1-3-5-7-13)14-8-9-15-11-19-12-16(15)10-14/h6,8-10,17H,1-5,7,11-12,18H2/b13-6+. The lowest BCUT2D eigenvalue weighted by molar-refractivity contribution is 0.134. The van der Waals surface area contributed by atoms with Crippen molar-refractivity contribution in [2.24, 2.45) is 5.73 Å². The second-order valence-electron chi connectivity index (χ2n) is 5.73. The van der Waals surface area contributed by atoms with Crippen molar-refractivity contribution in [3.63, 3.8) is 0 Å². The average Bonchev–Trinajstić information content (AvgIpc) is 2.84. The Balaban J connectivity index is 1.80. The Kier molecular flexibility index (Phi) is 4.00. The molecule has 2 heteroatoms. The topological polar surface area (TPSA) is 35.2 Å². The van der Waals surface area contributed by atoms with Crippen LogP contribution in [0.3, 0.4) is 0 Å². The van der Waals surface area contributed by atoms with Gasteiger partial charge in [-0.2, -0.15) is 0 Å². The second kappa shape index (κ2) is 5.89. The first kappa shape index (κ1) is 12.9. The highest BCUT2D eigenvalue weighted by molar-refractivity contribution is 5.37. The Morgan fingerprint density at radius 2 is 1.84 bits per heavy atom. The highest BCUT2D eigenvalue weighted by Gasteiger charge is 2.17. The van der Waals surface area contributed by atoms with E-state index in [1.807, 2.05) is 0 Å². The zero-order valence-electron chi connectivity index (χ0n) is 11.5. The highest BCUT2D eigenvalue weighted by atomic mass is 16.5. The number of allylic oxidation sites excluding steroid dienone is 1. The zero-order chi connectivity index (χ0) is 13.1. The van der Waals surface area contributed by atoms with Gasteiger partial charge < -0.3 is 10.5 Å². The van der Waals surface area contributed by atoms with Gasteiger partial charge in [-0.3, -0.25) is 0 Å². The summed E-state index contributed by atoms with van der Waals surface area (Å²) in [6.45, 7) is 1.50. The minimum Gasteiger partial charge on any atom is -0.372 e. The Hall–Kier alpha value is -1.12. The van der Waals surface area contributed by atoms with Crippen LogP contribution in [0.25, 0.3) is 0 Å². The molecule has 0 bridgehead atoms. The summed E-state index contributed by atoms with van der Waals surface area (Å²) in [5.41, 5.74) is 11.8. The molecule has 0 saturated carbocycles. The van der Waals surface area contributed by atoms with Gasteiger partial charge >= 0.3 is 0 Å². The number of benzene rings is 1. The molecule has 1 aliphatic heterocycles. The molecule has 0 aromatic heterocycles. The average molecular weight is 257 g/mol. The van der Waals surface area contributed by atoms with E-state index in [2.05, 4.69) is 24.3 Å². The summed E-state index contributed by atoms with van der Waals surface area (Å²) >= 11 is 0. The fourth-order valence-corrected chi connectivity index (χ4v) is 3.10. The molecule has 2 N–H and O–H groups in total. The van der Waals surface area contributed by atoms with Crippen molar-refractivity contribution in [3.05, 3.63) is 46.5 Å². The van der Waals surface area contributed by atoms with E-state index >= 15 is 0 Å². The highest BCUT2D eigenvalue weighted by Crippen LogP contribution is 2.29. The number of nitrogens with two attached hydrogens (primary N) is 1. The predicted molar refractivity (Wildman–Crippen MR) is 77.6 cm³/mol. The molecule has 19 heavy (non-hydrogen) atoms. The van der Waals surface area contributed by atoms with Crippen LogP contribution >= 0.6 is 0 Å². The first-order chi connectivity index (χ1) is 9.34. The van der Waals surface area contributed by atoms with Crippen molar-refractivity contribution in [1.29, 1.82) is 0 Å². The van der Waals surface area contributed by atoms with E-state index in [4.69, 9.17) is 10.5 Å². The largest absolute Gasteiger partial charge is 0.372 e. The smallest absolute Gasteiger partial charge is 0.0725 e. The molecular weight excluding hydrogens is 234 g/mol. The number of rotatable bonds is 2. The van der Waals surface area contributed by atoms with Gasteiger partial charge in [-0.05, 0) is 42.4 Å². The molecule has 1 unspecified atom stereocenters. The van der Waals surface area contributed by atoms with Gasteiger partial charge in [0.25, 0.3) is 0 Å². The van der Waals surface area contributed by atoms with Crippen molar-refractivity contribution in [3.8, 4) is 0 Å². The van der Waals surface area contributed by atoms with E-state index in [1.165, 1.54) is 54.4 Å². The maximum absolute atomic E-state index is 6.48. The SMILES string of the molecule is NC(/C1=C/CCCCCC1)c1ccc2c(c1)COC2. The molecule has 1 heterocycles. The maximum atomic E-state index is 6.48. The first-order valence-electron chi connectivity index (χ1n) is 7.48. The summed E-state index contributed by atoms with van der Waals surface area (Å²) < 4.78 is 5.48. The van der Waals surface area contributed by atoms with Crippen LogP contribution in [0.5, 0.6) is 0 Å². The summed E-state index contributed by atoms with van der Waals surface area (Å²) in [5, 5.41) is 0. The molecule has 1 atom stereocenters. The minimum atomic E-state index is 0.0731. The molecule has 1 aliphatic carbocycles. The fraction of sp³-hybridized carbons (Fsp3) is 0.529. The van der Waals surface area contributed by atoms with E-state index in [1.54, 1.807) is 0 Å². The lowest BCUT2D eigenvalue weighted by atomic mass is 9.90. The molecule has 0 saturated heterocycles. The Bertz CT molecular complexity index is 478. The molecule has 2 nitrogen and oxygen atoms in total. The third-order valence-corrected chi connectivity index (χ3v) is 4.33. The number of hydrogen-bond acceptors (Lipinski definition) is 2. The summed E-state index contributed by atoms with van der Waals surface area (Å²) in [6.07, 6.45) is 10.1. The molecule has 1 aromatic rings. The lowest BCUT2D eigenvalue weighted by Gasteiger charge is -2.19. The molecule has 2 aliphatic rings. The second-order valence-corrected chi connectivity index (χ2v) is 5.73. The van der Waals surface area contributed by atoms with Crippen molar-refractivity contribution < 1.29 is 4.74 Å². The van der Waals surface area contributed by atoms with E-state index < -0.39 is 0 Å². The van der Waals surface area contributed by atoms with Gasteiger partial charge in [0, 0.05) is 0 Å². The molecule has 102 valence electrons. The third-order valence-electron chi connectivity index (χ3n) is 4.33. The predicted octanol–water partition coefficient (Wildman–Crippen LogP) is 4.00. The molecule has 1 aromatic carbocycles. The van der Waals surface area contributed by atoms with Crippen LogP contribution in [0.15, 0.2) is 29.8 Å². The van der Waals surface area contributed by atoms with Crippen LogP contribution in [0.2, 0.25) is 0 Å². The van der Waals surface area contributed by atoms with E-state index in [-0.39, 0.29) is 6.04 Å². The Morgan fingerprint density at radius 1 is 1.00 bits per heavy atom. The monoisotopic (exact) mass is 257 g/mol. The molecule has 0 radical (unpaired) electrons. The van der Waals surface area contributed by atoms with Crippen LogP contribution in [-0.4, -0.2) is 0 Å². The molecule has 0 amide bonds. The van der Waals surface area contributed by atoms with Gasteiger partial charge in [-0.1, -0.05) is 42.7 Å². The van der Waals surface area contributed by atoms with Crippen molar-refractivity contribution in [1.82, 2.24) is 0 Å². The Morgan fingerprint density at radius 3 is 2.79 bits per heavy atom. The summed E-state index contributed by atoms with van der Waals surface area (Å²) in [7, 11) is 0. The number of fused-ring (bicyclic) bond motifs is 1. The van der Waals surface area contributed by atoms with Crippen molar-refractivity contribution >= 4 is 0 Å². The summed E-state index contributed by atoms with van der Waals surface area (Å²) in [4.78, 5) is 0. The van der Waals surface area contributed by atoms with Crippen LogP contribution in [-0.2, 0) is 18.0 Å². The normalized spacial score (nSPS) is 23.9. The van der Waals surface area contributed by atoms with Crippen LogP contribution in [0.1, 0.15) is 61.3 Å². The number of ether oxygens (including phenoxy) is 1. The molecule has 0 spiro atoms.